The van der Waals surface area contributed by atoms with Crippen LogP contribution >= 0.6 is 0 Å². The number of carbonyl (C=O) groups excluding carboxylic acids is 1. The van der Waals surface area contributed by atoms with Gasteiger partial charge in [-0.1, -0.05) is 38.1 Å². The molecule has 0 aliphatic rings. The molecule has 0 heterocycles. The van der Waals surface area contributed by atoms with Crippen LogP contribution in [0.25, 0.3) is 0 Å². The van der Waals surface area contributed by atoms with E-state index in [9.17, 15) is 4.79 Å². The molecule has 0 bridgehead atoms. The van der Waals surface area contributed by atoms with Crippen molar-refractivity contribution in [2.24, 2.45) is 5.92 Å². The first-order valence-corrected chi connectivity index (χ1v) is 8.55. The van der Waals surface area contributed by atoms with Crippen molar-refractivity contribution in [1.29, 1.82) is 0 Å². The monoisotopic (exact) mass is 341 g/mol. The number of carbonyl (C=O) groups is 1. The lowest BCUT2D eigenvalue weighted by atomic mass is 10.00. The molecule has 0 unspecified atom stereocenters. The van der Waals surface area contributed by atoms with Crippen molar-refractivity contribution < 1.29 is 14.3 Å². The molecule has 0 spiro atoms. The smallest absolute Gasteiger partial charge is 0.252 e. The van der Waals surface area contributed by atoms with E-state index in [4.69, 9.17) is 9.47 Å². The molecule has 1 amide bonds. The van der Waals surface area contributed by atoms with Gasteiger partial charge in [-0.2, -0.15) is 0 Å². The standard InChI is InChI=1S/C21H27NO3/c1-14(2)10-16-6-8-17(9-7-16)15(3)22-21(23)18-11-19(24-4)13-20(12-18)25-5/h6-9,11-15H,10H2,1-5H3,(H,22,23)/t15-/m0/s1. The van der Waals surface area contributed by atoms with Gasteiger partial charge in [0.15, 0.2) is 0 Å². The summed E-state index contributed by atoms with van der Waals surface area (Å²) in [7, 11) is 3.13. The van der Waals surface area contributed by atoms with Crippen molar-refractivity contribution >= 4 is 5.91 Å². The van der Waals surface area contributed by atoms with Crippen molar-refractivity contribution in [3.63, 3.8) is 0 Å². The van der Waals surface area contributed by atoms with E-state index in [0.29, 0.717) is 23.0 Å². The molecule has 0 fully saturated rings. The molecule has 4 nitrogen and oxygen atoms in total. The number of methoxy groups -OCH3 is 2. The van der Waals surface area contributed by atoms with Crippen LogP contribution in [0.2, 0.25) is 0 Å². The van der Waals surface area contributed by atoms with Gasteiger partial charge in [0.1, 0.15) is 11.5 Å². The molecule has 0 radical (unpaired) electrons. The van der Waals surface area contributed by atoms with Crippen molar-refractivity contribution in [3.8, 4) is 11.5 Å². The second-order valence-corrected chi connectivity index (χ2v) is 6.64. The first-order chi connectivity index (χ1) is 11.9. The maximum absolute atomic E-state index is 12.6. The van der Waals surface area contributed by atoms with Gasteiger partial charge in [0.2, 0.25) is 0 Å². The zero-order valence-corrected chi connectivity index (χ0v) is 15.6. The van der Waals surface area contributed by atoms with Gasteiger partial charge in [0.25, 0.3) is 5.91 Å². The fraction of sp³-hybridized carbons (Fsp3) is 0.381. The minimum absolute atomic E-state index is 0.0854. The maximum atomic E-state index is 12.6. The van der Waals surface area contributed by atoms with Gasteiger partial charge < -0.3 is 14.8 Å². The summed E-state index contributed by atoms with van der Waals surface area (Å²) in [4.78, 5) is 12.6. The molecule has 0 aromatic heterocycles. The largest absolute Gasteiger partial charge is 0.497 e. The van der Waals surface area contributed by atoms with Crippen LogP contribution in [0.5, 0.6) is 11.5 Å². The van der Waals surface area contributed by atoms with E-state index in [-0.39, 0.29) is 11.9 Å². The second kappa shape index (κ2) is 8.56. The number of hydrogen-bond acceptors (Lipinski definition) is 3. The van der Waals surface area contributed by atoms with Crippen molar-refractivity contribution in [2.45, 2.75) is 33.2 Å². The summed E-state index contributed by atoms with van der Waals surface area (Å²) in [6, 6.07) is 13.5. The highest BCUT2D eigenvalue weighted by Gasteiger charge is 2.14. The third kappa shape index (κ3) is 5.24. The number of rotatable bonds is 7. The Morgan fingerprint density at radius 2 is 1.52 bits per heavy atom. The molecule has 0 aliphatic carbocycles. The lowest BCUT2D eigenvalue weighted by Gasteiger charge is -2.16. The molecular formula is C21H27NO3. The highest BCUT2D eigenvalue weighted by molar-refractivity contribution is 5.95. The Morgan fingerprint density at radius 3 is 2.00 bits per heavy atom. The molecule has 0 aliphatic heterocycles. The van der Waals surface area contributed by atoms with Gasteiger partial charge in [-0.25, -0.2) is 0 Å². The Balaban J connectivity index is 2.09. The number of benzene rings is 2. The van der Waals surface area contributed by atoms with Gasteiger partial charge in [-0.15, -0.1) is 0 Å². The van der Waals surface area contributed by atoms with Gasteiger partial charge in [0.05, 0.1) is 20.3 Å². The Labute approximate surface area is 150 Å². The first-order valence-electron chi connectivity index (χ1n) is 8.55. The lowest BCUT2D eigenvalue weighted by molar-refractivity contribution is 0.0939. The van der Waals surface area contributed by atoms with E-state index >= 15 is 0 Å². The molecule has 0 saturated carbocycles. The SMILES string of the molecule is COc1cc(OC)cc(C(=O)N[C@@H](C)c2ccc(CC(C)C)cc2)c1. The van der Waals surface area contributed by atoms with Crippen LogP contribution in [0.1, 0.15) is 48.3 Å². The molecule has 2 aromatic rings. The van der Waals surface area contributed by atoms with Gasteiger partial charge >= 0.3 is 0 Å². The van der Waals surface area contributed by atoms with Crippen LogP contribution in [-0.4, -0.2) is 20.1 Å². The van der Waals surface area contributed by atoms with E-state index in [1.807, 2.05) is 6.92 Å². The fourth-order valence-electron chi connectivity index (χ4n) is 2.72. The minimum Gasteiger partial charge on any atom is -0.497 e. The van der Waals surface area contributed by atoms with Crippen LogP contribution < -0.4 is 14.8 Å². The van der Waals surface area contributed by atoms with Crippen LogP contribution in [0.15, 0.2) is 42.5 Å². The number of nitrogens with one attached hydrogen (secondary N) is 1. The van der Waals surface area contributed by atoms with E-state index in [1.165, 1.54) is 5.56 Å². The number of amides is 1. The summed E-state index contributed by atoms with van der Waals surface area (Å²) in [5.41, 5.74) is 2.91. The molecule has 2 aromatic carbocycles. The van der Waals surface area contributed by atoms with Crippen LogP contribution in [-0.2, 0) is 6.42 Å². The minimum atomic E-state index is -0.157. The average Bonchev–Trinajstić information content (AvgIpc) is 2.61. The van der Waals surface area contributed by atoms with Crippen LogP contribution in [0, 0.1) is 5.92 Å². The normalized spacial score (nSPS) is 11.9. The molecule has 2 rings (SSSR count). The van der Waals surface area contributed by atoms with Gasteiger partial charge in [-0.05, 0) is 42.5 Å². The van der Waals surface area contributed by atoms with E-state index < -0.39 is 0 Å². The summed E-state index contributed by atoms with van der Waals surface area (Å²) < 4.78 is 10.4. The molecule has 25 heavy (non-hydrogen) atoms. The third-order valence-corrected chi connectivity index (χ3v) is 4.08. The van der Waals surface area contributed by atoms with Crippen molar-refractivity contribution in [1.82, 2.24) is 5.32 Å². The lowest BCUT2D eigenvalue weighted by Crippen LogP contribution is -2.26. The molecular weight excluding hydrogens is 314 g/mol. The summed E-state index contributed by atoms with van der Waals surface area (Å²) in [6.45, 7) is 6.39. The summed E-state index contributed by atoms with van der Waals surface area (Å²) in [6.07, 6.45) is 1.06. The van der Waals surface area contributed by atoms with Gasteiger partial charge in [-0.3, -0.25) is 4.79 Å². The van der Waals surface area contributed by atoms with Crippen molar-refractivity contribution in [2.75, 3.05) is 14.2 Å². The van der Waals surface area contributed by atoms with Crippen LogP contribution in [0.3, 0.4) is 0 Å². The van der Waals surface area contributed by atoms with E-state index in [1.54, 1.807) is 32.4 Å². The molecule has 134 valence electrons. The highest BCUT2D eigenvalue weighted by Crippen LogP contribution is 2.23. The highest BCUT2D eigenvalue weighted by atomic mass is 16.5. The second-order valence-electron chi connectivity index (χ2n) is 6.64. The fourth-order valence-corrected chi connectivity index (χ4v) is 2.72. The van der Waals surface area contributed by atoms with E-state index in [2.05, 4.69) is 43.4 Å². The maximum Gasteiger partial charge on any atom is 0.252 e. The summed E-state index contributed by atoms with van der Waals surface area (Å²) >= 11 is 0. The number of ether oxygens (including phenoxy) is 2. The van der Waals surface area contributed by atoms with Crippen molar-refractivity contribution in [3.05, 3.63) is 59.2 Å². The molecule has 1 N–H and O–H groups in total. The Morgan fingerprint density at radius 1 is 0.960 bits per heavy atom. The predicted octanol–water partition coefficient (Wildman–Crippen LogP) is 4.39. The quantitative estimate of drug-likeness (QED) is 0.812. The third-order valence-electron chi connectivity index (χ3n) is 4.08. The van der Waals surface area contributed by atoms with Gasteiger partial charge in [0, 0.05) is 11.6 Å². The Bertz CT molecular complexity index is 685. The molecule has 0 saturated heterocycles. The summed E-state index contributed by atoms with van der Waals surface area (Å²) in [5.74, 6) is 1.66. The van der Waals surface area contributed by atoms with Crippen LogP contribution in [0.4, 0.5) is 0 Å². The van der Waals surface area contributed by atoms with E-state index in [0.717, 1.165) is 12.0 Å². The Hall–Kier alpha value is -2.49. The zero-order valence-electron chi connectivity index (χ0n) is 15.6. The first kappa shape index (κ1) is 18.8. The summed E-state index contributed by atoms with van der Waals surface area (Å²) in [5, 5.41) is 3.03. The molecule has 4 heteroatoms. The Kier molecular flexibility index (Phi) is 6.45. The topological polar surface area (TPSA) is 47.6 Å². The average molecular weight is 341 g/mol. The zero-order chi connectivity index (χ0) is 18.4. The number of hydrogen-bond donors (Lipinski definition) is 1. The molecule has 1 atom stereocenters. The predicted molar refractivity (Wildman–Crippen MR) is 100 cm³/mol.